The summed E-state index contributed by atoms with van der Waals surface area (Å²) in [4.78, 5) is 23.1. The highest BCUT2D eigenvalue weighted by Gasteiger charge is 2.34. The van der Waals surface area contributed by atoms with Crippen molar-refractivity contribution in [2.45, 2.75) is 46.5 Å². The Morgan fingerprint density at radius 2 is 1.87 bits per heavy atom. The van der Waals surface area contributed by atoms with Crippen molar-refractivity contribution >= 4 is 11.9 Å². The maximum absolute atomic E-state index is 12.2. The monoisotopic (exact) mass is 322 g/mol. The summed E-state index contributed by atoms with van der Waals surface area (Å²) >= 11 is 0. The van der Waals surface area contributed by atoms with Crippen molar-refractivity contribution in [3.8, 4) is 5.75 Å². The van der Waals surface area contributed by atoms with E-state index in [-0.39, 0.29) is 31.1 Å². The van der Waals surface area contributed by atoms with Crippen LogP contribution in [0.25, 0.3) is 0 Å². The average Bonchev–Trinajstić information content (AvgIpc) is 2.52. The van der Waals surface area contributed by atoms with Crippen LogP contribution in [0.1, 0.15) is 52.0 Å². The lowest BCUT2D eigenvalue weighted by molar-refractivity contribution is -0.157. The predicted octanol–water partition coefficient (Wildman–Crippen LogP) is 3.06. The molecule has 0 amide bonds. The Morgan fingerprint density at radius 1 is 1.26 bits per heavy atom. The molecule has 2 unspecified atom stereocenters. The molecule has 0 fully saturated rings. The van der Waals surface area contributed by atoms with E-state index in [1.807, 2.05) is 32.9 Å². The standard InChI is InChI=1S/C18H26O5/c1-5-18(4,17(21)22-11-10-19)12-13(2)15-6-8-16(9-7-15)23-14(3)20/h6-9,13,19H,5,10-12H2,1-4H3. The summed E-state index contributed by atoms with van der Waals surface area (Å²) in [6.45, 7) is 7.11. The van der Waals surface area contributed by atoms with Crippen LogP contribution in [0.4, 0.5) is 0 Å². The summed E-state index contributed by atoms with van der Waals surface area (Å²) in [5.41, 5.74) is 0.471. The van der Waals surface area contributed by atoms with Gasteiger partial charge in [0.15, 0.2) is 0 Å². The molecule has 1 aromatic rings. The average molecular weight is 322 g/mol. The van der Waals surface area contributed by atoms with Crippen LogP contribution in [0, 0.1) is 5.41 Å². The van der Waals surface area contributed by atoms with Crippen molar-refractivity contribution < 1.29 is 24.2 Å². The Labute approximate surface area is 137 Å². The first-order valence-electron chi connectivity index (χ1n) is 7.89. The van der Waals surface area contributed by atoms with E-state index in [0.717, 1.165) is 5.56 Å². The number of ether oxygens (including phenoxy) is 2. The first kappa shape index (κ1) is 19.2. The van der Waals surface area contributed by atoms with Gasteiger partial charge in [0.25, 0.3) is 0 Å². The van der Waals surface area contributed by atoms with E-state index >= 15 is 0 Å². The lowest BCUT2D eigenvalue weighted by Gasteiger charge is -2.29. The molecule has 1 rings (SSSR count). The Hall–Kier alpha value is -1.88. The molecule has 1 aromatic carbocycles. The molecule has 5 heteroatoms. The summed E-state index contributed by atoms with van der Waals surface area (Å²) < 4.78 is 10.1. The zero-order chi connectivity index (χ0) is 17.5. The van der Waals surface area contributed by atoms with Gasteiger partial charge in [0, 0.05) is 6.92 Å². The highest BCUT2D eigenvalue weighted by molar-refractivity contribution is 5.76. The van der Waals surface area contributed by atoms with Gasteiger partial charge in [-0.1, -0.05) is 26.0 Å². The van der Waals surface area contributed by atoms with Crippen LogP contribution in [-0.4, -0.2) is 30.3 Å². The molecule has 128 valence electrons. The van der Waals surface area contributed by atoms with Gasteiger partial charge < -0.3 is 14.6 Å². The number of esters is 2. The minimum atomic E-state index is -0.594. The van der Waals surface area contributed by atoms with Crippen LogP contribution < -0.4 is 4.74 Å². The molecule has 1 N–H and O–H groups in total. The number of hydrogen-bond acceptors (Lipinski definition) is 5. The minimum Gasteiger partial charge on any atom is -0.463 e. The summed E-state index contributed by atoms with van der Waals surface area (Å²) in [6, 6.07) is 7.30. The predicted molar refractivity (Wildman–Crippen MR) is 87.2 cm³/mol. The van der Waals surface area contributed by atoms with E-state index in [4.69, 9.17) is 14.6 Å². The zero-order valence-corrected chi connectivity index (χ0v) is 14.3. The number of carbonyl (C=O) groups is 2. The second-order valence-corrected chi connectivity index (χ2v) is 6.04. The van der Waals surface area contributed by atoms with Gasteiger partial charge in [-0.3, -0.25) is 9.59 Å². The summed E-state index contributed by atoms with van der Waals surface area (Å²) in [7, 11) is 0. The fourth-order valence-corrected chi connectivity index (χ4v) is 2.51. The fraction of sp³-hybridized carbons (Fsp3) is 0.556. The van der Waals surface area contributed by atoms with E-state index in [9.17, 15) is 9.59 Å². The first-order valence-corrected chi connectivity index (χ1v) is 7.89. The van der Waals surface area contributed by atoms with Crippen LogP contribution in [-0.2, 0) is 14.3 Å². The fourth-order valence-electron chi connectivity index (χ4n) is 2.51. The third-order valence-corrected chi connectivity index (χ3v) is 4.06. The first-order chi connectivity index (χ1) is 10.8. The lowest BCUT2D eigenvalue weighted by atomic mass is 9.77. The molecular formula is C18H26O5. The molecule has 5 nitrogen and oxygen atoms in total. The number of aliphatic hydroxyl groups is 1. The summed E-state index contributed by atoms with van der Waals surface area (Å²) in [5.74, 6) is 0.0236. The molecule has 0 aliphatic rings. The van der Waals surface area contributed by atoms with E-state index in [1.54, 1.807) is 12.1 Å². The number of carbonyl (C=O) groups excluding carboxylic acids is 2. The second-order valence-electron chi connectivity index (χ2n) is 6.04. The highest BCUT2D eigenvalue weighted by Crippen LogP contribution is 2.36. The molecule has 0 heterocycles. The zero-order valence-electron chi connectivity index (χ0n) is 14.3. The smallest absolute Gasteiger partial charge is 0.311 e. The molecule has 0 aliphatic carbocycles. The molecular weight excluding hydrogens is 296 g/mol. The van der Waals surface area contributed by atoms with Crippen LogP contribution in [0.15, 0.2) is 24.3 Å². The maximum atomic E-state index is 12.2. The van der Waals surface area contributed by atoms with Crippen LogP contribution in [0.3, 0.4) is 0 Å². The van der Waals surface area contributed by atoms with Gasteiger partial charge in [-0.05, 0) is 43.4 Å². The van der Waals surface area contributed by atoms with Crippen LogP contribution >= 0.6 is 0 Å². The molecule has 23 heavy (non-hydrogen) atoms. The largest absolute Gasteiger partial charge is 0.463 e. The third kappa shape index (κ3) is 5.67. The normalized spacial score (nSPS) is 14.7. The molecule has 0 saturated carbocycles. The Morgan fingerprint density at radius 3 is 2.35 bits per heavy atom. The van der Waals surface area contributed by atoms with Crippen molar-refractivity contribution in [2.75, 3.05) is 13.2 Å². The van der Waals surface area contributed by atoms with E-state index in [2.05, 4.69) is 0 Å². The van der Waals surface area contributed by atoms with Crippen molar-refractivity contribution in [1.29, 1.82) is 0 Å². The van der Waals surface area contributed by atoms with Gasteiger partial charge >= 0.3 is 11.9 Å². The number of rotatable bonds is 8. The van der Waals surface area contributed by atoms with E-state index in [1.165, 1.54) is 6.92 Å². The molecule has 0 saturated heterocycles. The number of aliphatic hydroxyl groups excluding tert-OH is 1. The molecule has 0 spiro atoms. The topological polar surface area (TPSA) is 72.8 Å². The maximum Gasteiger partial charge on any atom is 0.311 e. The molecule has 0 aromatic heterocycles. The van der Waals surface area contributed by atoms with Crippen molar-refractivity contribution in [3.05, 3.63) is 29.8 Å². The van der Waals surface area contributed by atoms with Gasteiger partial charge in [0.2, 0.25) is 0 Å². The molecule has 0 bridgehead atoms. The van der Waals surface area contributed by atoms with E-state index < -0.39 is 5.41 Å². The molecule has 0 radical (unpaired) electrons. The minimum absolute atomic E-state index is 0.0277. The quantitative estimate of drug-likeness (QED) is 0.588. The number of benzene rings is 1. The van der Waals surface area contributed by atoms with Gasteiger partial charge in [-0.15, -0.1) is 0 Å². The van der Waals surface area contributed by atoms with E-state index in [0.29, 0.717) is 18.6 Å². The summed E-state index contributed by atoms with van der Waals surface area (Å²) in [6.07, 6.45) is 1.30. The Balaban J connectivity index is 2.77. The van der Waals surface area contributed by atoms with Gasteiger partial charge in [0.1, 0.15) is 12.4 Å². The Kier molecular flexibility index (Phi) is 7.23. The van der Waals surface area contributed by atoms with Gasteiger partial charge in [0.05, 0.1) is 12.0 Å². The number of hydrogen-bond donors (Lipinski definition) is 1. The van der Waals surface area contributed by atoms with Crippen molar-refractivity contribution in [3.63, 3.8) is 0 Å². The van der Waals surface area contributed by atoms with Crippen molar-refractivity contribution in [1.82, 2.24) is 0 Å². The SMILES string of the molecule is CCC(C)(CC(C)c1ccc(OC(C)=O)cc1)C(=O)OCCO. The van der Waals surface area contributed by atoms with Crippen LogP contribution in [0.5, 0.6) is 5.75 Å². The summed E-state index contributed by atoms with van der Waals surface area (Å²) in [5, 5.41) is 8.79. The lowest BCUT2D eigenvalue weighted by Crippen LogP contribution is -2.31. The van der Waals surface area contributed by atoms with Crippen LogP contribution in [0.2, 0.25) is 0 Å². The van der Waals surface area contributed by atoms with Gasteiger partial charge in [-0.25, -0.2) is 0 Å². The molecule has 0 aliphatic heterocycles. The Bertz CT molecular complexity index is 523. The van der Waals surface area contributed by atoms with Gasteiger partial charge in [-0.2, -0.15) is 0 Å². The third-order valence-electron chi connectivity index (χ3n) is 4.06. The second kappa shape index (κ2) is 8.67. The molecule has 2 atom stereocenters. The van der Waals surface area contributed by atoms with Crippen molar-refractivity contribution in [2.24, 2.45) is 5.41 Å². The highest BCUT2D eigenvalue weighted by atomic mass is 16.5.